The molecule has 0 spiro atoms. The smallest absolute Gasteiger partial charge is 0.472 e. The number of epoxide rings is 1. The van der Waals surface area contributed by atoms with Gasteiger partial charge in [-0.2, -0.15) is 0 Å². The number of esters is 2. The maximum atomic E-state index is 12.6. The van der Waals surface area contributed by atoms with Crippen molar-refractivity contribution in [2.75, 3.05) is 19.8 Å². The van der Waals surface area contributed by atoms with Gasteiger partial charge in [-0.25, -0.2) is 4.57 Å². The number of hydrogen-bond acceptors (Lipinski definition) is 10. The number of unbranched alkanes of at least 4 members (excludes halogenated alkanes) is 15. The lowest BCUT2D eigenvalue weighted by atomic mass is 10.1. The number of aliphatic carboxylic acids is 1. The second-order valence-electron chi connectivity index (χ2n) is 14.9. The molecule has 328 valence electrons. The lowest BCUT2D eigenvalue weighted by Gasteiger charge is -2.20. The number of carbonyl (C=O) groups excluding carboxylic acids is 2. The molecule has 0 bridgehead atoms. The summed E-state index contributed by atoms with van der Waals surface area (Å²) in [7, 11) is -4.74. The van der Waals surface area contributed by atoms with Crippen LogP contribution in [0.5, 0.6) is 0 Å². The lowest BCUT2D eigenvalue weighted by molar-refractivity contribution is -0.161. The fourth-order valence-electron chi connectivity index (χ4n) is 5.86. The lowest BCUT2D eigenvalue weighted by Crippen LogP contribution is -2.34. The molecule has 1 aliphatic heterocycles. The number of phosphoric acid groups is 1. The van der Waals surface area contributed by atoms with Crippen LogP contribution in [0.15, 0.2) is 48.6 Å². The minimum atomic E-state index is -4.74. The largest absolute Gasteiger partial charge is 0.480 e. The quantitative estimate of drug-likeness (QED) is 0.0175. The van der Waals surface area contributed by atoms with Crippen LogP contribution in [0.1, 0.15) is 168 Å². The Morgan fingerprint density at radius 3 is 1.75 bits per heavy atom. The first-order valence-electron chi connectivity index (χ1n) is 21.8. The highest BCUT2D eigenvalue weighted by atomic mass is 31.2. The first-order chi connectivity index (χ1) is 27.6. The minimum Gasteiger partial charge on any atom is -0.480 e. The van der Waals surface area contributed by atoms with Crippen molar-refractivity contribution in [2.24, 2.45) is 5.73 Å². The van der Waals surface area contributed by atoms with E-state index in [1.807, 2.05) is 6.08 Å². The van der Waals surface area contributed by atoms with E-state index in [2.05, 4.69) is 60.9 Å². The summed E-state index contributed by atoms with van der Waals surface area (Å²) in [6.45, 7) is 2.68. The summed E-state index contributed by atoms with van der Waals surface area (Å²) in [5, 5.41) is 8.89. The number of ether oxygens (including phenoxy) is 3. The Balaban J connectivity index is 2.35. The summed E-state index contributed by atoms with van der Waals surface area (Å²) < 4.78 is 38.4. The Morgan fingerprint density at radius 1 is 0.632 bits per heavy atom. The number of carboxylic acids is 1. The van der Waals surface area contributed by atoms with Gasteiger partial charge in [0, 0.05) is 12.8 Å². The topological polar surface area (TPSA) is 184 Å². The highest BCUT2D eigenvalue weighted by Crippen LogP contribution is 2.43. The molecule has 0 amide bonds. The molecule has 12 nitrogen and oxygen atoms in total. The number of carbonyl (C=O) groups is 3. The summed E-state index contributed by atoms with van der Waals surface area (Å²) >= 11 is 0. The third-order valence-corrected chi connectivity index (χ3v) is 10.4. The van der Waals surface area contributed by atoms with E-state index in [0.717, 1.165) is 64.2 Å². The van der Waals surface area contributed by atoms with Crippen LogP contribution < -0.4 is 5.73 Å². The fraction of sp³-hybridized carbons (Fsp3) is 0.750. The normalized spacial score (nSPS) is 17.8. The maximum Gasteiger partial charge on any atom is 0.472 e. The van der Waals surface area contributed by atoms with E-state index in [1.165, 1.54) is 57.8 Å². The molecule has 0 saturated carbocycles. The molecule has 0 aromatic heterocycles. The molecule has 3 unspecified atom stereocenters. The van der Waals surface area contributed by atoms with Crippen LogP contribution in [0, 0.1) is 0 Å². The van der Waals surface area contributed by atoms with Gasteiger partial charge in [-0.3, -0.25) is 23.4 Å². The molecule has 1 fully saturated rings. The Bertz CT molecular complexity index is 1220. The van der Waals surface area contributed by atoms with Gasteiger partial charge in [0.1, 0.15) is 12.6 Å². The van der Waals surface area contributed by atoms with Crippen molar-refractivity contribution in [3.63, 3.8) is 0 Å². The zero-order valence-corrected chi connectivity index (χ0v) is 36.0. The van der Waals surface area contributed by atoms with Crippen molar-refractivity contribution >= 4 is 25.7 Å². The molecule has 1 aliphatic rings. The highest BCUT2D eigenvalue weighted by molar-refractivity contribution is 7.47. The van der Waals surface area contributed by atoms with Gasteiger partial charge in [-0.1, -0.05) is 127 Å². The summed E-state index contributed by atoms with van der Waals surface area (Å²) in [5.74, 6) is -2.47. The van der Waals surface area contributed by atoms with Crippen molar-refractivity contribution in [3.05, 3.63) is 48.6 Å². The van der Waals surface area contributed by atoms with E-state index in [4.69, 9.17) is 29.6 Å². The zero-order valence-electron chi connectivity index (χ0n) is 35.1. The molecule has 0 radical (unpaired) electrons. The van der Waals surface area contributed by atoms with Crippen molar-refractivity contribution in [3.8, 4) is 0 Å². The van der Waals surface area contributed by atoms with Gasteiger partial charge in [0.25, 0.3) is 0 Å². The van der Waals surface area contributed by atoms with Gasteiger partial charge < -0.3 is 29.9 Å². The molecule has 13 heteroatoms. The van der Waals surface area contributed by atoms with Gasteiger partial charge in [-0.05, 0) is 77.0 Å². The molecular formula is C44H76NO11P. The minimum absolute atomic E-state index is 0.0743. The van der Waals surface area contributed by atoms with Crippen molar-refractivity contribution in [2.45, 2.75) is 192 Å². The third kappa shape index (κ3) is 33.0. The summed E-state index contributed by atoms with van der Waals surface area (Å²) in [6, 6.07) is -1.54. The molecule has 0 aliphatic carbocycles. The number of rotatable bonds is 39. The highest BCUT2D eigenvalue weighted by Gasteiger charge is 2.36. The molecule has 57 heavy (non-hydrogen) atoms. The summed E-state index contributed by atoms with van der Waals surface area (Å²) in [4.78, 5) is 46.0. The van der Waals surface area contributed by atoms with Crippen molar-refractivity contribution < 1.29 is 52.2 Å². The van der Waals surface area contributed by atoms with Crippen molar-refractivity contribution in [1.29, 1.82) is 0 Å². The number of hydrogen-bond donors (Lipinski definition) is 3. The van der Waals surface area contributed by atoms with Gasteiger partial charge in [0.2, 0.25) is 0 Å². The Labute approximate surface area is 343 Å². The van der Waals surface area contributed by atoms with Crippen LogP contribution in [0.25, 0.3) is 0 Å². The predicted molar refractivity (Wildman–Crippen MR) is 226 cm³/mol. The number of carboxylic acid groups (broad SMARTS) is 1. The van der Waals surface area contributed by atoms with Crippen LogP contribution in [0.3, 0.4) is 0 Å². The average molecular weight is 826 g/mol. The Morgan fingerprint density at radius 2 is 1.11 bits per heavy atom. The van der Waals surface area contributed by atoms with Crippen LogP contribution >= 0.6 is 7.82 Å². The maximum absolute atomic E-state index is 12.6. The van der Waals surface area contributed by atoms with Crippen molar-refractivity contribution in [1.82, 2.24) is 0 Å². The van der Waals surface area contributed by atoms with Gasteiger partial charge >= 0.3 is 25.7 Å². The molecule has 4 N–H and O–H groups in total. The standard InChI is InChI=1S/C44H76NO11P/c1-3-5-7-9-11-13-14-15-16-17-18-20-22-24-29-33-42(46)52-35-38(36-53-57(50,51)54-37-39(45)44(48)49)55-43(47)34-30-26-25-28-32-41-40(56-41)31-27-23-21-19-12-10-8-6-4-2/h12,15-16,19,23,25,27-28,38-41H,3-11,13-14,17-18,20-22,24,26,29-37,45H2,1-2H3,(H,48,49)(H,50,51)/b16-15-,19-12-,27-23-,28-25-/t38-,39+,40?,41?/m1/s1. The first-order valence-corrected chi connectivity index (χ1v) is 23.3. The first kappa shape index (κ1) is 52.4. The molecule has 1 rings (SSSR count). The molecule has 1 saturated heterocycles. The predicted octanol–water partition coefficient (Wildman–Crippen LogP) is 10.4. The van der Waals surface area contributed by atoms with E-state index < -0.39 is 51.1 Å². The molecule has 0 aromatic carbocycles. The molecule has 5 atom stereocenters. The molecule has 0 aromatic rings. The Hall–Kier alpha value is -2.60. The van der Waals surface area contributed by atoms with E-state index in [0.29, 0.717) is 19.3 Å². The van der Waals surface area contributed by atoms with E-state index in [9.17, 15) is 23.8 Å². The van der Waals surface area contributed by atoms with Gasteiger partial charge in [0.05, 0.1) is 25.4 Å². The monoisotopic (exact) mass is 826 g/mol. The average Bonchev–Trinajstić information content (AvgIpc) is 3.94. The molecule has 1 heterocycles. The van der Waals surface area contributed by atoms with Crippen LogP contribution in [-0.2, 0) is 42.2 Å². The van der Waals surface area contributed by atoms with Crippen LogP contribution in [0.2, 0.25) is 0 Å². The zero-order chi connectivity index (χ0) is 41.8. The number of nitrogens with two attached hydrogens (primary N) is 1. The van der Waals surface area contributed by atoms with E-state index in [-0.39, 0.29) is 31.7 Å². The van der Waals surface area contributed by atoms with Crippen LogP contribution in [-0.4, -0.2) is 72.1 Å². The third-order valence-electron chi connectivity index (χ3n) is 9.45. The Kier molecular flexibility index (Phi) is 32.5. The van der Waals surface area contributed by atoms with E-state index in [1.54, 1.807) is 0 Å². The fourth-order valence-corrected chi connectivity index (χ4v) is 6.64. The summed E-state index contributed by atoms with van der Waals surface area (Å²) in [6.07, 6.45) is 40.6. The van der Waals surface area contributed by atoms with Crippen LogP contribution in [0.4, 0.5) is 0 Å². The van der Waals surface area contributed by atoms with Gasteiger partial charge in [-0.15, -0.1) is 0 Å². The van der Waals surface area contributed by atoms with E-state index >= 15 is 0 Å². The number of allylic oxidation sites excluding steroid dienone is 6. The SMILES string of the molecule is CCCCC/C=C\C/C=C\CC1OC1C/C=C\CCCC(=O)O[C@H](COC(=O)CCCCCCC/C=C\CCCCCCCC)COP(=O)(O)OC[C@H](N)C(=O)O. The molecular weight excluding hydrogens is 749 g/mol. The number of phosphoric ester groups is 1. The van der Waals surface area contributed by atoms with Gasteiger partial charge in [0.15, 0.2) is 6.10 Å². The summed E-state index contributed by atoms with van der Waals surface area (Å²) in [5.41, 5.74) is 5.33. The second-order valence-corrected chi connectivity index (χ2v) is 16.3. The second kappa shape index (κ2) is 35.4.